The third-order valence-corrected chi connectivity index (χ3v) is 1.90. The first kappa shape index (κ1) is 16.6. The van der Waals surface area contributed by atoms with Crippen molar-refractivity contribution in [2.45, 2.75) is 13.8 Å². The zero-order valence-electron chi connectivity index (χ0n) is 10.7. The third-order valence-electron chi connectivity index (χ3n) is 1.90. The molecule has 0 aliphatic carbocycles. The molecule has 0 spiro atoms. The lowest BCUT2D eigenvalue weighted by Crippen LogP contribution is -2.44. The minimum atomic E-state index is -1.30. The first-order valence-corrected chi connectivity index (χ1v) is 5.57. The van der Waals surface area contributed by atoms with Gasteiger partial charge in [-0.25, -0.2) is 9.59 Å². The summed E-state index contributed by atoms with van der Waals surface area (Å²) in [5.74, 6) is -2.77. The SMILES string of the molecule is CCOC(=O)CN(CC)C(=O)NC(=O)C=CC(=O)O. The predicted octanol–water partition coefficient (Wildman–Crippen LogP) is -0.252. The van der Waals surface area contributed by atoms with Gasteiger partial charge in [0.1, 0.15) is 6.54 Å². The number of hydrogen-bond donors (Lipinski definition) is 2. The summed E-state index contributed by atoms with van der Waals surface area (Å²) in [6, 6.07) is -0.796. The van der Waals surface area contributed by atoms with Gasteiger partial charge in [-0.05, 0) is 13.8 Å². The summed E-state index contributed by atoms with van der Waals surface area (Å²) in [6.45, 7) is 3.36. The van der Waals surface area contributed by atoms with Crippen molar-refractivity contribution in [1.82, 2.24) is 10.2 Å². The van der Waals surface area contributed by atoms with Gasteiger partial charge in [0.15, 0.2) is 0 Å². The average molecular weight is 272 g/mol. The molecule has 0 unspecified atom stereocenters. The number of ether oxygens (including phenoxy) is 1. The Morgan fingerprint density at radius 2 is 1.84 bits per heavy atom. The Morgan fingerprint density at radius 3 is 2.32 bits per heavy atom. The van der Waals surface area contributed by atoms with Gasteiger partial charge in [0.2, 0.25) is 0 Å². The zero-order chi connectivity index (χ0) is 14.8. The van der Waals surface area contributed by atoms with Gasteiger partial charge in [-0.15, -0.1) is 0 Å². The first-order chi connectivity index (χ1) is 8.90. The summed E-state index contributed by atoms with van der Waals surface area (Å²) in [5.41, 5.74) is 0. The predicted molar refractivity (Wildman–Crippen MR) is 64.2 cm³/mol. The number of carboxylic acids is 1. The smallest absolute Gasteiger partial charge is 0.328 e. The molecule has 0 fully saturated rings. The molecule has 106 valence electrons. The topological polar surface area (TPSA) is 113 Å². The van der Waals surface area contributed by atoms with Crippen molar-refractivity contribution < 1.29 is 29.0 Å². The highest BCUT2D eigenvalue weighted by molar-refractivity contribution is 6.03. The molecular formula is C11H16N2O6. The molecule has 0 saturated carbocycles. The van der Waals surface area contributed by atoms with Gasteiger partial charge < -0.3 is 14.7 Å². The number of carbonyl (C=O) groups excluding carboxylic acids is 3. The van der Waals surface area contributed by atoms with Crippen LogP contribution in [0.5, 0.6) is 0 Å². The third kappa shape index (κ3) is 7.53. The molecule has 0 aromatic carbocycles. The summed E-state index contributed by atoms with van der Waals surface area (Å²) in [6.07, 6.45) is 1.31. The highest BCUT2D eigenvalue weighted by atomic mass is 16.5. The van der Waals surface area contributed by atoms with Crippen LogP contribution in [0.2, 0.25) is 0 Å². The minimum Gasteiger partial charge on any atom is -0.478 e. The summed E-state index contributed by atoms with van der Waals surface area (Å²) in [7, 11) is 0. The molecule has 8 nitrogen and oxygen atoms in total. The quantitative estimate of drug-likeness (QED) is 0.509. The maximum Gasteiger partial charge on any atom is 0.328 e. The van der Waals surface area contributed by atoms with Crippen molar-refractivity contribution in [3.63, 3.8) is 0 Å². The minimum absolute atomic E-state index is 0.193. The number of aliphatic carboxylic acids is 1. The first-order valence-electron chi connectivity index (χ1n) is 5.57. The van der Waals surface area contributed by atoms with E-state index in [2.05, 4.69) is 4.74 Å². The van der Waals surface area contributed by atoms with Gasteiger partial charge in [-0.1, -0.05) is 0 Å². The van der Waals surface area contributed by atoms with Gasteiger partial charge in [0.05, 0.1) is 6.61 Å². The van der Waals surface area contributed by atoms with E-state index in [0.717, 1.165) is 4.90 Å². The molecule has 0 heterocycles. The molecule has 3 amide bonds. The second-order valence-electron chi connectivity index (χ2n) is 3.29. The van der Waals surface area contributed by atoms with E-state index in [0.29, 0.717) is 12.2 Å². The van der Waals surface area contributed by atoms with Crippen LogP contribution in [0.15, 0.2) is 12.2 Å². The fourth-order valence-corrected chi connectivity index (χ4v) is 1.06. The standard InChI is InChI=1S/C11H16N2O6/c1-3-13(7-10(17)19-4-2)11(18)12-8(14)5-6-9(15)16/h5-6H,3-4,7H2,1-2H3,(H,15,16)(H,12,14,18). The van der Waals surface area contributed by atoms with Crippen LogP contribution < -0.4 is 5.32 Å². The van der Waals surface area contributed by atoms with Gasteiger partial charge in [0, 0.05) is 18.7 Å². The normalized spacial score (nSPS) is 10.0. The second-order valence-corrected chi connectivity index (χ2v) is 3.29. The van der Waals surface area contributed by atoms with E-state index in [1.54, 1.807) is 13.8 Å². The van der Waals surface area contributed by atoms with Gasteiger partial charge >= 0.3 is 18.0 Å². The van der Waals surface area contributed by atoms with Crippen molar-refractivity contribution in [2.24, 2.45) is 0 Å². The number of esters is 1. The summed E-state index contributed by atoms with van der Waals surface area (Å²) >= 11 is 0. The molecule has 0 rings (SSSR count). The molecule has 0 aliphatic heterocycles. The van der Waals surface area contributed by atoms with Crippen LogP contribution in [0.3, 0.4) is 0 Å². The van der Waals surface area contributed by atoms with E-state index < -0.39 is 23.9 Å². The van der Waals surface area contributed by atoms with E-state index in [1.165, 1.54) is 0 Å². The number of carbonyl (C=O) groups is 4. The van der Waals surface area contributed by atoms with Crippen LogP contribution in [0.4, 0.5) is 4.79 Å². The van der Waals surface area contributed by atoms with Crippen LogP contribution in [-0.2, 0) is 19.1 Å². The highest BCUT2D eigenvalue weighted by Crippen LogP contribution is 1.92. The van der Waals surface area contributed by atoms with Crippen LogP contribution in [0, 0.1) is 0 Å². The van der Waals surface area contributed by atoms with E-state index in [-0.39, 0.29) is 19.7 Å². The summed E-state index contributed by atoms with van der Waals surface area (Å²) < 4.78 is 4.67. The van der Waals surface area contributed by atoms with Crippen LogP contribution in [0.25, 0.3) is 0 Å². The fraction of sp³-hybridized carbons (Fsp3) is 0.455. The number of nitrogens with one attached hydrogen (secondary N) is 1. The van der Waals surface area contributed by atoms with E-state index in [9.17, 15) is 19.2 Å². The molecule has 0 aromatic heterocycles. The van der Waals surface area contributed by atoms with Gasteiger partial charge in [-0.3, -0.25) is 14.9 Å². The Hall–Kier alpha value is -2.38. The number of amides is 3. The Balaban J connectivity index is 4.39. The molecule has 0 aliphatic rings. The lowest BCUT2D eigenvalue weighted by molar-refractivity contribution is -0.143. The van der Waals surface area contributed by atoms with Crippen LogP contribution in [-0.4, -0.2) is 53.6 Å². The fourth-order valence-electron chi connectivity index (χ4n) is 1.06. The zero-order valence-corrected chi connectivity index (χ0v) is 10.7. The Kier molecular flexibility index (Phi) is 7.59. The Labute approximate surface area is 110 Å². The molecule has 0 saturated heterocycles. The Bertz CT molecular complexity index is 391. The van der Waals surface area contributed by atoms with Gasteiger partial charge in [0.25, 0.3) is 5.91 Å². The van der Waals surface area contributed by atoms with Crippen LogP contribution in [0.1, 0.15) is 13.8 Å². The molecule has 0 atom stereocenters. The molecule has 8 heteroatoms. The van der Waals surface area contributed by atoms with Crippen molar-refractivity contribution in [3.05, 3.63) is 12.2 Å². The van der Waals surface area contributed by atoms with Crippen molar-refractivity contribution in [2.75, 3.05) is 19.7 Å². The van der Waals surface area contributed by atoms with Crippen molar-refractivity contribution >= 4 is 23.9 Å². The highest BCUT2D eigenvalue weighted by Gasteiger charge is 2.17. The van der Waals surface area contributed by atoms with E-state index in [1.807, 2.05) is 5.32 Å². The lowest BCUT2D eigenvalue weighted by Gasteiger charge is -2.19. The molecule has 0 radical (unpaired) electrons. The van der Waals surface area contributed by atoms with Crippen LogP contribution >= 0.6 is 0 Å². The monoisotopic (exact) mass is 272 g/mol. The molecular weight excluding hydrogens is 256 g/mol. The maximum absolute atomic E-state index is 11.6. The number of imide groups is 1. The number of urea groups is 1. The molecule has 2 N–H and O–H groups in total. The average Bonchev–Trinajstić information content (AvgIpc) is 2.33. The number of nitrogens with zero attached hydrogens (tertiary/aromatic N) is 1. The van der Waals surface area contributed by atoms with Crippen molar-refractivity contribution in [1.29, 1.82) is 0 Å². The van der Waals surface area contributed by atoms with E-state index >= 15 is 0 Å². The lowest BCUT2D eigenvalue weighted by atomic mass is 10.4. The summed E-state index contributed by atoms with van der Waals surface area (Å²) in [4.78, 5) is 45.2. The molecule has 19 heavy (non-hydrogen) atoms. The number of rotatable bonds is 6. The van der Waals surface area contributed by atoms with Gasteiger partial charge in [-0.2, -0.15) is 0 Å². The van der Waals surface area contributed by atoms with E-state index in [4.69, 9.17) is 5.11 Å². The molecule has 0 aromatic rings. The largest absolute Gasteiger partial charge is 0.478 e. The summed E-state index contributed by atoms with van der Waals surface area (Å²) in [5, 5.41) is 10.2. The Morgan fingerprint density at radius 1 is 1.21 bits per heavy atom. The molecule has 0 bridgehead atoms. The number of carboxylic acid groups (broad SMARTS) is 1. The second kappa shape index (κ2) is 8.67. The number of hydrogen-bond acceptors (Lipinski definition) is 5. The van der Waals surface area contributed by atoms with Crippen molar-refractivity contribution in [3.8, 4) is 0 Å². The maximum atomic E-state index is 11.6. The number of likely N-dealkylation sites (N-methyl/N-ethyl adjacent to an activating group) is 1.